The van der Waals surface area contributed by atoms with Gasteiger partial charge < -0.3 is 15.3 Å². The maximum absolute atomic E-state index is 12.4. The third-order valence-electron chi connectivity index (χ3n) is 4.21. The van der Waals surface area contributed by atoms with Gasteiger partial charge in [-0.3, -0.25) is 0 Å². The van der Waals surface area contributed by atoms with Crippen molar-refractivity contribution in [1.82, 2.24) is 10.2 Å². The smallest absolute Gasteiger partial charge is 0.318 e. The molecule has 0 spiro atoms. The van der Waals surface area contributed by atoms with Crippen molar-refractivity contribution < 1.29 is 18.3 Å². The van der Waals surface area contributed by atoms with E-state index >= 15 is 0 Å². The highest BCUT2D eigenvalue weighted by atomic mass is 32.2. The van der Waals surface area contributed by atoms with Gasteiger partial charge in [0.05, 0.1) is 18.1 Å². The van der Waals surface area contributed by atoms with Crippen molar-refractivity contribution in [2.24, 2.45) is 0 Å². The molecule has 130 valence electrons. The van der Waals surface area contributed by atoms with Gasteiger partial charge in [0.15, 0.2) is 9.84 Å². The lowest BCUT2D eigenvalue weighted by molar-refractivity contribution is 0.157. The van der Waals surface area contributed by atoms with Gasteiger partial charge in [0, 0.05) is 23.8 Å². The molecule has 1 aliphatic heterocycles. The second-order valence-corrected chi connectivity index (χ2v) is 9.10. The van der Waals surface area contributed by atoms with Crippen molar-refractivity contribution in [3.63, 3.8) is 0 Å². The summed E-state index contributed by atoms with van der Waals surface area (Å²) in [4.78, 5) is 13.9. The van der Waals surface area contributed by atoms with Crippen LogP contribution in [0.5, 0.6) is 0 Å². The maximum atomic E-state index is 12.4. The SMILES string of the molecule is O=C(NCc1ccc2sccc2c1)N(CCO)C1CCS(=O)(=O)C1. The predicted octanol–water partition coefficient (Wildman–Crippen LogP) is 1.59. The first kappa shape index (κ1) is 17.2. The summed E-state index contributed by atoms with van der Waals surface area (Å²) in [5, 5.41) is 15.2. The Morgan fingerprint density at radius 1 is 1.38 bits per heavy atom. The van der Waals surface area contributed by atoms with E-state index in [4.69, 9.17) is 0 Å². The fraction of sp³-hybridized carbons (Fsp3) is 0.438. The Kier molecular flexibility index (Phi) is 5.07. The molecule has 2 N–H and O–H groups in total. The number of amides is 2. The number of rotatable bonds is 5. The van der Waals surface area contributed by atoms with E-state index in [1.165, 1.54) is 9.60 Å². The zero-order chi connectivity index (χ0) is 17.2. The van der Waals surface area contributed by atoms with Gasteiger partial charge >= 0.3 is 6.03 Å². The molecule has 0 bridgehead atoms. The largest absolute Gasteiger partial charge is 0.395 e. The Bertz CT molecular complexity index is 831. The summed E-state index contributed by atoms with van der Waals surface area (Å²) in [6, 6.07) is 7.36. The van der Waals surface area contributed by atoms with Crippen LogP contribution in [0.4, 0.5) is 4.79 Å². The molecular formula is C16H20N2O4S2. The molecule has 1 aromatic carbocycles. The molecule has 2 aromatic rings. The number of urea groups is 1. The van der Waals surface area contributed by atoms with Crippen LogP contribution in [0.25, 0.3) is 10.1 Å². The number of fused-ring (bicyclic) bond motifs is 1. The normalized spacial score (nSPS) is 19.5. The average Bonchev–Trinajstić information content (AvgIpc) is 3.15. The first-order valence-electron chi connectivity index (χ1n) is 7.80. The molecule has 24 heavy (non-hydrogen) atoms. The van der Waals surface area contributed by atoms with E-state index in [9.17, 15) is 18.3 Å². The van der Waals surface area contributed by atoms with Gasteiger partial charge in [-0.15, -0.1) is 11.3 Å². The predicted molar refractivity (Wildman–Crippen MR) is 94.9 cm³/mol. The van der Waals surface area contributed by atoms with Gasteiger partial charge in [0.25, 0.3) is 0 Å². The third-order valence-corrected chi connectivity index (χ3v) is 6.86. The number of sulfone groups is 1. The van der Waals surface area contributed by atoms with Crippen molar-refractivity contribution in [2.75, 3.05) is 24.7 Å². The van der Waals surface area contributed by atoms with Crippen molar-refractivity contribution in [3.05, 3.63) is 35.2 Å². The molecule has 2 amide bonds. The van der Waals surface area contributed by atoms with Gasteiger partial charge in [-0.05, 0) is 40.9 Å². The number of nitrogens with zero attached hydrogens (tertiary/aromatic N) is 1. The number of aliphatic hydroxyl groups is 1. The number of aliphatic hydroxyl groups excluding tert-OH is 1. The molecule has 0 radical (unpaired) electrons. The summed E-state index contributed by atoms with van der Waals surface area (Å²) < 4.78 is 24.5. The highest BCUT2D eigenvalue weighted by molar-refractivity contribution is 7.91. The van der Waals surface area contributed by atoms with Gasteiger partial charge in [-0.2, -0.15) is 0 Å². The number of benzene rings is 1. The van der Waals surface area contributed by atoms with E-state index in [1.54, 1.807) is 11.3 Å². The summed E-state index contributed by atoms with van der Waals surface area (Å²) in [5.74, 6) is 0.0724. The minimum absolute atomic E-state index is 0.0265. The zero-order valence-corrected chi connectivity index (χ0v) is 14.8. The Morgan fingerprint density at radius 3 is 2.92 bits per heavy atom. The van der Waals surface area contributed by atoms with E-state index in [-0.39, 0.29) is 36.7 Å². The van der Waals surface area contributed by atoms with Crippen molar-refractivity contribution in [3.8, 4) is 0 Å². The second kappa shape index (κ2) is 7.08. The number of hydrogen-bond acceptors (Lipinski definition) is 5. The highest BCUT2D eigenvalue weighted by Gasteiger charge is 2.34. The summed E-state index contributed by atoms with van der Waals surface area (Å²) in [7, 11) is -3.08. The molecule has 6 nitrogen and oxygen atoms in total. The topological polar surface area (TPSA) is 86.7 Å². The minimum atomic E-state index is -3.08. The van der Waals surface area contributed by atoms with E-state index in [0.29, 0.717) is 13.0 Å². The molecule has 0 aliphatic carbocycles. The standard InChI is InChI=1S/C16H20N2O4S2/c19-6-5-18(14-4-8-24(21,22)11-14)16(20)17-10-12-1-2-15-13(9-12)3-7-23-15/h1-3,7,9,14,19H,4-6,8,10-11H2,(H,17,20). The van der Waals surface area contributed by atoms with Crippen LogP contribution in [0.3, 0.4) is 0 Å². The van der Waals surface area contributed by atoms with Crippen LogP contribution in [0.15, 0.2) is 29.6 Å². The molecule has 8 heteroatoms. The Labute approximate surface area is 145 Å². The van der Waals surface area contributed by atoms with Crippen LogP contribution in [0.2, 0.25) is 0 Å². The molecule has 0 saturated carbocycles. The van der Waals surface area contributed by atoms with Crippen LogP contribution >= 0.6 is 11.3 Å². The molecule has 1 saturated heterocycles. The minimum Gasteiger partial charge on any atom is -0.395 e. The molecular weight excluding hydrogens is 348 g/mol. The van der Waals surface area contributed by atoms with Crippen LogP contribution in [-0.2, 0) is 16.4 Å². The third kappa shape index (κ3) is 3.88. The Balaban J connectivity index is 1.64. The number of carbonyl (C=O) groups excluding carboxylic acids is 1. The Hall–Kier alpha value is -1.64. The number of hydrogen-bond donors (Lipinski definition) is 2. The van der Waals surface area contributed by atoms with E-state index in [1.807, 2.05) is 29.6 Å². The molecule has 1 aliphatic rings. The summed E-state index contributed by atoms with van der Waals surface area (Å²) in [5.41, 5.74) is 0.984. The Morgan fingerprint density at radius 2 is 2.21 bits per heavy atom. The maximum Gasteiger partial charge on any atom is 0.318 e. The van der Waals surface area contributed by atoms with Crippen molar-refractivity contribution in [2.45, 2.75) is 19.0 Å². The number of nitrogens with one attached hydrogen (secondary N) is 1. The van der Waals surface area contributed by atoms with Crippen molar-refractivity contribution in [1.29, 1.82) is 0 Å². The number of thiophene rings is 1. The van der Waals surface area contributed by atoms with Gasteiger partial charge in [0.1, 0.15) is 0 Å². The monoisotopic (exact) mass is 368 g/mol. The second-order valence-electron chi connectivity index (χ2n) is 5.93. The van der Waals surface area contributed by atoms with Gasteiger partial charge in [-0.1, -0.05) is 6.07 Å². The molecule has 1 aromatic heterocycles. The van der Waals surface area contributed by atoms with E-state index in [2.05, 4.69) is 5.32 Å². The molecule has 1 atom stereocenters. The first-order chi connectivity index (χ1) is 11.5. The van der Waals surface area contributed by atoms with Crippen LogP contribution in [-0.4, -0.2) is 55.2 Å². The fourth-order valence-electron chi connectivity index (χ4n) is 2.98. The average molecular weight is 368 g/mol. The summed E-state index contributed by atoms with van der Waals surface area (Å²) in [6.45, 7) is 0.312. The lowest BCUT2D eigenvalue weighted by Gasteiger charge is -2.27. The molecule has 3 rings (SSSR count). The van der Waals surface area contributed by atoms with Gasteiger partial charge in [-0.25, -0.2) is 13.2 Å². The van der Waals surface area contributed by atoms with Crippen molar-refractivity contribution >= 4 is 37.3 Å². The quantitative estimate of drug-likeness (QED) is 0.839. The fourth-order valence-corrected chi connectivity index (χ4v) is 5.49. The first-order valence-corrected chi connectivity index (χ1v) is 10.5. The summed E-state index contributed by atoms with van der Waals surface area (Å²) >= 11 is 1.67. The van der Waals surface area contributed by atoms with Gasteiger partial charge in [0.2, 0.25) is 0 Å². The molecule has 1 unspecified atom stereocenters. The highest BCUT2D eigenvalue weighted by Crippen LogP contribution is 2.22. The van der Waals surface area contributed by atoms with Crippen LogP contribution in [0, 0.1) is 0 Å². The van der Waals surface area contributed by atoms with Crippen LogP contribution < -0.4 is 5.32 Å². The van der Waals surface area contributed by atoms with E-state index in [0.717, 1.165) is 10.9 Å². The molecule has 2 heterocycles. The van der Waals surface area contributed by atoms with Crippen LogP contribution in [0.1, 0.15) is 12.0 Å². The lowest BCUT2D eigenvalue weighted by atomic mass is 10.1. The zero-order valence-electron chi connectivity index (χ0n) is 13.1. The summed E-state index contributed by atoms with van der Waals surface area (Å²) in [6.07, 6.45) is 0.427. The lowest BCUT2D eigenvalue weighted by Crippen LogP contribution is -2.47. The van der Waals surface area contributed by atoms with E-state index < -0.39 is 9.84 Å². The number of carbonyl (C=O) groups is 1. The molecule has 1 fully saturated rings.